The van der Waals surface area contributed by atoms with Crippen molar-refractivity contribution in [1.29, 1.82) is 0 Å². The molecule has 5 nitrogen and oxygen atoms in total. The molecule has 1 fully saturated rings. The zero-order chi connectivity index (χ0) is 17.6. The van der Waals surface area contributed by atoms with E-state index in [0.717, 1.165) is 22.9 Å². The molecular formula is C17H23BrN2O3S. The van der Waals surface area contributed by atoms with E-state index < -0.39 is 10.0 Å². The van der Waals surface area contributed by atoms with Crippen LogP contribution in [0, 0.1) is 5.92 Å². The van der Waals surface area contributed by atoms with E-state index in [1.165, 1.54) is 6.92 Å². The van der Waals surface area contributed by atoms with Crippen LogP contribution in [0.4, 0.5) is 5.69 Å². The van der Waals surface area contributed by atoms with Crippen LogP contribution in [0.3, 0.4) is 0 Å². The van der Waals surface area contributed by atoms with Crippen molar-refractivity contribution in [3.63, 3.8) is 0 Å². The number of rotatable bonds is 2. The topological polar surface area (TPSA) is 57.7 Å². The number of fused-ring (bicyclic) bond motifs is 1. The van der Waals surface area contributed by atoms with Gasteiger partial charge in [-0.05, 0) is 49.8 Å². The molecule has 2 atom stereocenters. The molecule has 2 heterocycles. The van der Waals surface area contributed by atoms with Crippen LogP contribution in [0.1, 0.15) is 39.2 Å². The van der Waals surface area contributed by atoms with Gasteiger partial charge >= 0.3 is 0 Å². The molecule has 0 saturated carbocycles. The van der Waals surface area contributed by atoms with Gasteiger partial charge in [-0.25, -0.2) is 8.42 Å². The zero-order valence-corrected chi connectivity index (χ0v) is 16.7. The number of carbonyl (C=O) groups excluding carboxylic acids is 1. The summed E-state index contributed by atoms with van der Waals surface area (Å²) in [6.07, 6.45) is 2.61. The normalized spacial score (nSPS) is 24.9. The molecule has 0 aliphatic carbocycles. The molecule has 2 aliphatic rings. The van der Waals surface area contributed by atoms with Crippen molar-refractivity contribution in [3.05, 3.63) is 22.2 Å². The van der Waals surface area contributed by atoms with Gasteiger partial charge in [0.2, 0.25) is 15.9 Å². The molecule has 0 spiro atoms. The van der Waals surface area contributed by atoms with Gasteiger partial charge in [-0.1, -0.05) is 22.9 Å². The molecule has 0 unspecified atom stereocenters. The van der Waals surface area contributed by atoms with Crippen molar-refractivity contribution in [2.24, 2.45) is 5.92 Å². The lowest BCUT2D eigenvalue weighted by Crippen LogP contribution is -2.40. The Labute approximate surface area is 152 Å². The number of benzene rings is 1. The number of hydrogen-bond acceptors (Lipinski definition) is 3. The van der Waals surface area contributed by atoms with Gasteiger partial charge in [-0.3, -0.25) is 4.79 Å². The van der Waals surface area contributed by atoms with Crippen LogP contribution in [0.25, 0.3) is 0 Å². The quantitative estimate of drug-likeness (QED) is 0.746. The molecule has 0 bridgehead atoms. The fraction of sp³-hybridized carbons (Fsp3) is 0.588. The summed E-state index contributed by atoms with van der Waals surface area (Å²) in [4.78, 5) is 14.0. The van der Waals surface area contributed by atoms with E-state index in [2.05, 4.69) is 22.9 Å². The number of carbonyl (C=O) groups is 1. The highest BCUT2D eigenvalue weighted by atomic mass is 79.9. The Morgan fingerprint density at radius 1 is 1.29 bits per heavy atom. The molecular weight excluding hydrogens is 392 g/mol. The third-order valence-corrected chi connectivity index (χ3v) is 7.23. The lowest BCUT2D eigenvalue weighted by molar-refractivity contribution is -0.116. The lowest BCUT2D eigenvalue weighted by atomic mass is 10.0. The minimum absolute atomic E-state index is 0.0268. The van der Waals surface area contributed by atoms with Crippen molar-refractivity contribution in [2.75, 3.05) is 18.0 Å². The van der Waals surface area contributed by atoms with Crippen LogP contribution in [0.15, 0.2) is 21.5 Å². The minimum atomic E-state index is -3.62. The van der Waals surface area contributed by atoms with Gasteiger partial charge in [0.05, 0.1) is 5.69 Å². The smallest absolute Gasteiger partial charge is 0.245 e. The molecule has 3 rings (SSSR count). The van der Waals surface area contributed by atoms with Gasteiger partial charge in [0, 0.05) is 30.5 Å². The summed E-state index contributed by atoms with van der Waals surface area (Å²) in [5.41, 5.74) is 1.48. The third-order valence-electron chi connectivity index (χ3n) is 4.89. The summed E-state index contributed by atoms with van der Waals surface area (Å²) >= 11 is 3.43. The van der Waals surface area contributed by atoms with Gasteiger partial charge in [0.1, 0.15) is 4.90 Å². The van der Waals surface area contributed by atoms with E-state index >= 15 is 0 Å². The molecule has 24 heavy (non-hydrogen) atoms. The average molecular weight is 415 g/mol. The van der Waals surface area contributed by atoms with Crippen molar-refractivity contribution >= 4 is 37.5 Å². The summed E-state index contributed by atoms with van der Waals surface area (Å²) in [6.45, 7) is 6.61. The van der Waals surface area contributed by atoms with E-state index in [0.29, 0.717) is 31.1 Å². The highest BCUT2D eigenvalue weighted by molar-refractivity contribution is 9.10. The number of anilines is 1. The van der Waals surface area contributed by atoms with E-state index in [1.54, 1.807) is 15.3 Å². The molecule has 2 aliphatic heterocycles. The Morgan fingerprint density at radius 2 is 2.00 bits per heavy atom. The summed E-state index contributed by atoms with van der Waals surface area (Å²) < 4.78 is 28.9. The van der Waals surface area contributed by atoms with Crippen LogP contribution in [0.5, 0.6) is 0 Å². The summed E-state index contributed by atoms with van der Waals surface area (Å²) in [5, 5.41) is 0. The van der Waals surface area contributed by atoms with Gasteiger partial charge in [0.15, 0.2) is 0 Å². The van der Waals surface area contributed by atoms with Crippen LogP contribution in [0.2, 0.25) is 0 Å². The number of sulfonamides is 1. The lowest BCUT2D eigenvalue weighted by Gasteiger charge is -2.31. The average Bonchev–Trinajstić information content (AvgIpc) is 2.81. The molecule has 0 aromatic heterocycles. The van der Waals surface area contributed by atoms with E-state index in [-0.39, 0.29) is 16.8 Å². The van der Waals surface area contributed by atoms with Crippen molar-refractivity contribution in [2.45, 2.75) is 51.0 Å². The van der Waals surface area contributed by atoms with Crippen molar-refractivity contribution < 1.29 is 13.2 Å². The van der Waals surface area contributed by atoms with Crippen molar-refractivity contribution in [1.82, 2.24) is 4.31 Å². The van der Waals surface area contributed by atoms with E-state index in [9.17, 15) is 13.2 Å². The molecule has 0 radical (unpaired) electrons. The molecule has 1 aromatic rings. The first-order valence-corrected chi connectivity index (χ1v) is 10.6. The summed E-state index contributed by atoms with van der Waals surface area (Å²) in [7, 11) is -3.62. The minimum Gasteiger partial charge on any atom is -0.308 e. The Hall–Kier alpha value is -0.920. The maximum atomic E-state index is 13.3. The predicted molar refractivity (Wildman–Crippen MR) is 97.6 cm³/mol. The second-order valence-corrected chi connectivity index (χ2v) is 9.79. The molecule has 1 saturated heterocycles. The second kappa shape index (κ2) is 6.42. The number of amides is 1. The van der Waals surface area contributed by atoms with Gasteiger partial charge in [-0.15, -0.1) is 0 Å². The Morgan fingerprint density at radius 3 is 2.62 bits per heavy atom. The van der Waals surface area contributed by atoms with E-state index in [1.807, 2.05) is 13.0 Å². The molecule has 7 heteroatoms. The SMILES string of the molecule is CC(=O)N1c2c(cc(Br)cc2S(=O)(=O)N2CCC[C@H](C)C2)C[C@@H]1C. The standard InChI is InChI=1S/C17H23BrN2O3S/c1-11-5-4-6-19(10-11)24(22,23)16-9-15(18)8-14-7-12(2)20(13(3)21)17(14)16/h8-9,11-12H,4-7,10H2,1-3H3/t11-,12-/m0/s1. The molecule has 0 N–H and O–H groups in total. The number of hydrogen-bond donors (Lipinski definition) is 0. The molecule has 132 valence electrons. The zero-order valence-electron chi connectivity index (χ0n) is 14.3. The number of nitrogens with zero attached hydrogens (tertiary/aromatic N) is 2. The second-order valence-electron chi connectivity index (χ2n) is 6.96. The summed E-state index contributed by atoms with van der Waals surface area (Å²) in [6, 6.07) is 3.54. The third kappa shape index (κ3) is 3.02. The maximum absolute atomic E-state index is 13.3. The van der Waals surface area contributed by atoms with Crippen LogP contribution in [-0.4, -0.2) is 37.8 Å². The van der Waals surface area contributed by atoms with Gasteiger partial charge < -0.3 is 4.90 Å². The van der Waals surface area contributed by atoms with Gasteiger partial charge in [-0.2, -0.15) is 4.31 Å². The van der Waals surface area contributed by atoms with Crippen LogP contribution < -0.4 is 4.90 Å². The Bertz CT molecular complexity index is 778. The summed E-state index contributed by atoms with van der Waals surface area (Å²) in [5.74, 6) is 0.239. The Kier molecular flexibility index (Phi) is 4.79. The van der Waals surface area contributed by atoms with Crippen LogP contribution >= 0.6 is 15.9 Å². The Balaban J connectivity index is 2.13. The first-order valence-electron chi connectivity index (χ1n) is 8.34. The van der Waals surface area contributed by atoms with Gasteiger partial charge in [0.25, 0.3) is 0 Å². The van der Waals surface area contributed by atoms with Crippen molar-refractivity contribution in [3.8, 4) is 0 Å². The predicted octanol–water partition coefficient (Wildman–Crippen LogP) is 3.17. The number of halogens is 1. The molecule has 1 amide bonds. The largest absolute Gasteiger partial charge is 0.308 e. The van der Waals surface area contributed by atoms with E-state index in [4.69, 9.17) is 0 Å². The molecule has 1 aromatic carbocycles. The highest BCUT2D eigenvalue weighted by Crippen LogP contribution is 2.41. The fourth-order valence-electron chi connectivity index (χ4n) is 3.86. The fourth-order valence-corrected chi connectivity index (χ4v) is 6.36. The monoisotopic (exact) mass is 414 g/mol. The first-order chi connectivity index (χ1) is 11.2. The first kappa shape index (κ1) is 17.9. The number of piperidine rings is 1. The maximum Gasteiger partial charge on any atom is 0.245 e. The highest BCUT2D eigenvalue weighted by Gasteiger charge is 2.38. The van der Waals surface area contributed by atoms with Crippen LogP contribution in [-0.2, 0) is 21.2 Å².